The minimum absolute atomic E-state index is 0.0705. The van der Waals surface area contributed by atoms with Gasteiger partial charge >= 0.3 is 6.18 Å². The maximum absolute atomic E-state index is 12.8. The van der Waals surface area contributed by atoms with Gasteiger partial charge in [0, 0.05) is 32.0 Å². The predicted molar refractivity (Wildman–Crippen MR) is 90.3 cm³/mol. The van der Waals surface area contributed by atoms with Crippen LogP contribution in [0.25, 0.3) is 0 Å². The summed E-state index contributed by atoms with van der Waals surface area (Å²) in [5.74, 6) is 0.185. The van der Waals surface area contributed by atoms with Crippen LogP contribution in [0.2, 0.25) is 0 Å². The summed E-state index contributed by atoms with van der Waals surface area (Å²) in [4.78, 5) is 22.8. The number of halogens is 3. The minimum Gasteiger partial charge on any atom is -0.352 e. The van der Waals surface area contributed by atoms with Crippen molar-refractivity contribution in [2.24, 2.45) is 5.92 Å². The lowest BCUT2D eigenvalue weighted by Crippen LogP contribution is -2.43. The maximum atomic E-state index is 12.8. The molecule has 1 atom stereocenters. The summed E-state index contributed by atoms with van der Waals surface area (Å²) in [5, 5.41) is 2.75. The highest BCUT2D eigenvalue weighted by Crippen LogP contribution is 2.29. The molecule has 1 fully saturated rings. The molecule has 2 aromatic rings. The van der Waals surface area contributed by atoms with Crippen molar-refractivity contribution in [3.63, 3.8) is 0 Å². The van der Waals surface area contributed by atoms with Crippen molar-refractivity contribution in [1.82, 2.24) is 15.3 Å². The van der Waals surface area contributed by atoms with Crippen LogP contribution in [-0.2, 0) is 17.5 Å². The van der Waals surface area contributed by atoms with E-state index in [0.29, 0.717) is 18.1 Å². The fourth-order valence-corrected chi connectivity index (χ4v) is 3.02. The molecule has 5 nitrogen and oxygen atoms in total. The van der Waals surface area contributed by atoms with E-state index in [-0.39, 0.29) is 18.4 Å². The largest absolute Gasteiger partial charge is 0.416 e. The van der Waals surface area contributed by atoms with E-state index >= 15 is 0 Å². The number of benzene rings is 1. The van der Waals surface area contributed by atoms with Crippen LogP contribution in [0, 0.1) is 5.92 Å². The molecule has 8 heteroatoms. The Morgan fingerprint density at radius 3 is 2.73 bits per heavy atom. The van der Waals surface area contributed by atoms with Crippen LogP contribution in [0.1, 0.15) is 24.0 Å². The van der Waals surface area contributed by atoms with Gasteiger partial charge in [-0.25, -0.2) is 9.97 Å². The van der Waals surface area contributed by atoms with E-state index in [2.05, 4.69) is 15.3 Å². The number of hydrogen-bond acceptors (Lipinski definition) is 4. The average Bonchev–Trinajstić information content (AvgIpc) is 2.66. The molecule has 0 saturated carbocycles. The Bertz CT molecular complexity index is 752. The number of nitrogens with zero attached hydrogens (tertiary/aromatic N) is 3. The van der Waals surface area contributed by atoms with Gasteiger partial charge in [-0.3, -0.25) is 4.79 Å². The summed E-state index contributed by atoms with van der Waals surface area (Å²) in [5.41, 5.74) is -0.290. The highest BCUT2D eigenvalue weighted by atomic mass is 19.4. The molecular formula is C18H19F3N4O. The molecule has 1 aromatic heterocycles. The van der Waals surface area contributed by atoms with Crippen molar-refractivity contribution >= 4 is 11.9 Å². The molecule has 0 spiro atoms. The summed E-state index contributed by atoms with van der Waals surface area (Å²) in [6, 6.07) is 6.72. The zero-order chi connectivity index (χ0) is 18.6. The first-order chi connectivity index (χ1) is 12.4. The first-order valence-corrected chi connectivity index (χ1v) is 8.39. The molecule has 1 aromatic carbocycles. The van der Waals surface area contributed by atoms with E-state index in [9.17, 15) is 18.0 Å². The molecule has 1 aliphatic heterocycles. The van der Waals surface area contributed by atoms with E-state index in [1.54, 1.807) is 24.5 Å². The molecule has 2 heterocycles. The third-order valence-electron chi connectivity index (χ3n) is 4.35. The highest BCUT2D eigenvalue weighted by Gasteiger charge is 2.30. The maximum Gasteiger partial charge on any atom is 0.416 e. The number of amides is 1. The number of hydrogen-bond donors (Lipinski definition) is 1. The van der Waals surface area contributed by atoms with Crippen LogP contribution in [0.15, 0.2) is 42.7 Å². The molecule has 0 unspecified atom stereocenters. The van der Waals surface area contributed by atoms with E-state index in [1.165, 1.54) is 6.07 Å². The second-order valence-electron chi connectivity index (χ2n) is 6.25. The van der Waals surface area contributed by atoms with E-state index in [4.69, 9.17) is 0 Å². The molecular weight excluding hydrogens is 345 g/mol. The number of aromatic nitrogens is 2. The Balaban J connectivity index is 1.58. The monoisotopic (exact) mass is 364 g/mol. The third-order valence-corrected chi connectivity index (χ3v) is 4.35. The molecule has 1 N–H and O–H groups in total. The SMILES string of the molecule is O=C(NCc1cccc(C(F)(F)F)c1)[C@@H]1CCCN(c2ncccn2)C1. The normalized spacial score (nSPS) is 17.8. The molecule has 1 saturated heterocycles. The van der Waals surface area contributed by atoms with Crippen LogP contribution < -0.4 is 10.2 Å². The summed E-state index contributed by atoms with van der Waals surface area (Å²) in [6.45, 7) is 1.35. The molecule has 3 rings (SSSR count). The van der Waals surface area contributed by atoms with Crippen molar-refractivity contribution in [2.75, 3.05) is 18.0 Å². The third kappa shape index (κ3) is 4.50. The summed E-state index contributed by atoms with van der Waals surface area (Å²) >= 11 is 0. The topological polar surface area (TPSA) is 58.1 Å². The van der Waals surface area contributed by atoms with Crippen LogP contribution in [0.5, 0.6) is 0 Å². The standard InChI is InChI=1S/C18H19F3N4O/c19-18(20,21)15-6-1-4-13(10-15)11-24-16(26)14-5-2-9-25(12-14)17-22-7-3-8-23-17/h1,3-4,6-8,10,14H,2,5,9,11-12H2,(H,24,26)/t14-/m1/s1. The first-order valence-electron chi connectivity index (χ1n) is 8.39. The van der Waals surface area contributed by atoms with Gasteiger partial charge in [0.2, 0.25) is 11.9 Å². The van der Waals surface area contributed by atoms with Crippen molar-refractivity contribution in [3.8, 4) is 0 Å². The minimum atomic E-state index is -4.39. The van der Waals surface area contributed by atoms with Gasteiger partial charge in [-0.1, -0.05) is 12.1 Å². The molecule has 0 aliphatic carbocycles. The lowest BCUT2D eigenvalue weighted by atomic mass is 9.97. The number of piperidine rings is 1. The van der Waals surface area contributed by atoms with Crippen LogP contribution >= 0.6 is 0 Å². The van der Waals surface area contributed by atoms with Crippen LogP contribution in [-0.4, -0.2) is 29.0 Å². The van der Waals surface area contributed by atoms with Crippen LogP contribution in [0.4, 0.5) is 19.1 Å². The molecule has 0 bridgehead atoms. The number of anilines is 1. The predicted octanol–water partition coefficient (Wildman–Crippen LogP) is 3.03. The Labute approximate surface area is 149 Å². The smallest absolute Gasteiger partial charge is 0.352 e. The second kappa shape index (κ2) is 7.72. The fourth-order valence-electron chi connectivity index (χ4n) is 3.02. The van der Waals surface area contributed by atoms with Crippen LogP contribution in [0.3, 0.4) is 0 Å². The second-order valence-corrected chi connectivity index (χ2v) is 6.25. The Hall–Kier alpha value is -2.64. The zero-order valence-corrected chi connectivity index (χ0v) is 14.0. The van der Waals surface area contributed by atoms with Crippen molar-refractivity contribution in [3.05, 3.63) is 53.9 Å². The van der Waals surface area contributed by atoms with Gasteiger partial charge in [0.05, 0.1) is 11.5 Å². The van der Waals surface area contributed by atoms with Gasteiger partial charge in [-0.05, 0) is 36.6 Å². The fraction of sp³-hybridized carbons (Fsp3) is 0.389. The lowest BCUT2D eigenvalue weighted by molar-refractivity contribution is -0.137. The first kappa shape index (κ1) is 18.2. The van der Waals surface area contributed by atoms with Gasteiger partial charge in [-0.2, -0.15) is 13.2 Å². The number of rotatable bonds is 4. The highest BCUT2D eigenvalue weighted by molar-refractivity contribution is 5.79. The molecule has 26 heavy (non-hydrogen) atoms. The number of carbonyl (C=O) groups excluding carboxylic acids is 1. The van der Waals surface area contributed by atoms with Gasteiger partial charge in [0.25, 0.3) is 0 Å². The molecule has 138 valence electrons. The molecule has 1 amide bonds. The van der Waals surface area contributed by atoms with Gasteiger partial charge in [-0.15, -0.1) is 0 Å². The number of nitrogens with one attached hydrogen (secondary N) is 1. The van der Waals surface area contributed by atoms with E-state index in [1.807, 2.05) is 4.90 Å². The average molecular weight is 364 g/mol. The Kier molecular flexibility index (Phi) is 5.39. The number of alkyl halides is 3. The van der Waals surface area contributed by atoms with Gasteiger partial charge in [0.1, 0.15) is 0 Å². The van der Waals surface area contributed by atoms with E-state index in [0.717, 1.165) is 31.5 Å². The Morgan fingerprint density at radius 2 is 2.00 bits per heavy atom. The summed E-state index contributed by atoms with van der Waals surface area (Å²) < 4.78 is 38.3. The number of carbonyl (C=O) groups is 1. The van der Waals surface area contributed by atoms with Crippen molar-refractivity contribution in [1.29, 1.82) is 0 Å². The zero-order valence-electron chi connectivity index (χ0n) is 14.0. The van der Waals surface area contributed by atoms with Gasteiger partial charge in [0.15, 0.2) is 0 Å². The van der Waals surface area contributed by atoms with Crippen molar-refractivity contribution in [2.45, 2.75) is 25.6 Å². The van der Waals surface area contributed by atoms with Crippen molar-refractivity contribution < 1.29 is 18.0 Å². The molecule has 1 aliphatic rings. The molecule has 0 radical (unpaired) electrons. The Morgan fingerprint density at radius 1 is 1.23 bits per heavy atom. The lowest BCUT2D eigenvalue weighted by Gasteiger charge is -2.31. The van der Waals surface area contributed by atoms with E-state index < -0.39 is 11.7 Å². The van der Waals surface area contributed by atoms with Gasteiger partial charge < -0.3 is 10.2 Å². The summed E-state index contributed by atoms with van der Waals surface area (Å²) in [6.07, 6.45) is 0.483. The quantitative estimate of drug-likeness (QED) is 0.906. The summed E-state index contributed by atoms with van der Waals surface area (Å²) in [7, 11) is 0.